The second kappa shape index (κ2) is 9.37. The Kier molecular flexibility index (Phi) is 6.41. The van der Waals surface area contributed by atoms with Gasteiger partial charge in [-0.1, -0.05) is 41.8 Å². The van der Waals surface area contributed by atoms with E-state index < -0.39 is 0 Å². The zero-order chi connectivity index (χ0) is 20.9. The van der Waals surface area contributed by atoms with Crippen LogP contribution in [-0.4, -0.2) is 35.8 Å². The lowest BCUT2D eigenvalue weighted by atomic mass is 10.0. The van der Waals surface area contributed by atoms with Crippen LogP contribution in [0.2, 0.25) is 0 Å². The van der Waals surface area contributed by atoms with Crippen LogP contribution in [-0.2, 0) is 0 Å². The maximum absolute atomic E-state index is 12.5. The zero-order valence-electron chi connectivity index (χ0n) is 17.9. The van der Waals surface area contributed by atoms with Crippen LogP contribution in [0.5, 0.6) is 5.75 Å². The summed E-state index contributed by atoms with van der Waals surface area (Å²) >= 11 is 0. The molecule has 1 aromatic carbocycles. The van der Waals surface area contributed by atoms with E-state index in [1.807, 2.05) is 24.8 Å². The number of amides is 2. The molecule has 1 aliphatic heterocycles. The third kappa shape index (κ3) is 5.04. The van der Waals surface area contributed by atoms with Crippen molar-refractivity contribution < 1.29 is 14.1 Å². The number of rotatable bonds is 5. The van der Waals surface area contributed by atoms with Crippen molar-refractivity contribution in [2.45, 2.75) is 52.4 Å². The molecule has 30 heavy (non-hydrogen) atoms. The van der Waals surface area contributed by atoms with Gasteiger partial charge in [0, 0.05) is 18.7 Å². The number of aryl methyl sites for hydroxylation is 1. The monoisotopic (exact) mass is 409 g/mol. The molecule has 4 rings (SSSR count). The Bertz CT molecular complexity index is 902. The molecule has 1 saturated heterocycles. The number of likely N-dealkylation sites (tertiary alicyclic amines) is 1. The first-order valence-electron chi connectivity index (χ1n) is 11.0. The van der Waals surface area contributed by atoms with Gasteiger partial charge in [-0.2, -0.15) is 0 Å². The first-order chi connectivity index (χ1) is 14.6. The molecule has 1 saturated carbocycles. The van der Waals surface area contributed by atoms with Crippen molar-refractivity contribution >= 4 is 18.0 Å². The molecule has 0 spiro atoms. The van der Waals surface area contributed by atoms with Crippen molar-refractivity contribution in [3.05, 3.63) is 46.7 Å². The number of aromatic nitrogens is 1. The number of nitrogens with zero attached hydrogens (tertiary/aromatic N) is 2. The summed E-state index contributed by atoms with van der Waals surface area (Å²) < 4.78 is 11.2. The maximum Gasteiger partial charge on any atom is 0.324 e. The van der Waals surface area contributed by atoms with E-state index in [1.54, 1.807) is 0 Å². The average Bonchev–Trinajstić information content (AvgIpc) is 3.39. The molecule has 0 radical (unpaired) electrons. The Hall–Kier alpha value is -2.76. The first-order valence-corrected chi connectivity index (χ1v) is 11.0. The van der Waals surface area contributed by atoms with Crippen LogP contribution in [0.4, 0.5) is 10.7 Å². The number of nitrogens with one attached hydrogen (secondary N) is 1. The van der Waals surface area contributed by atoms with Crippen LogP contribution in [0, 0.1) is 19.8 Å². The number of carbonyl (C=O) groups excluding carboxylic acids is 1. The maximum atomic E-state index is 12.5. The highest BCUT2D eigenvalue weighted by atomic mass is 16.5. The number of benzene rings is 1. The predicted octanol–water partition coefficient (Wildman–Crippen LogP) is 5.57. The number of ether oxygens (including phenoxy) is 1. The van der Waals surface area contributed by atoms with Gasteiger partial charge in [0.2, 0.25) is 5.88 Å². The average molecular weight is 410 g/mol. The molecule has 1 aromatic heterocycles. The number of urea groups is 1. The Labute approximate surface area is 178 Å². The highest BCUT2D eigenvalue weighted by Gasteiger charge is 2.21. The molecule has 2 amide bonds. The van der Waals surface area contributed by atoms with Gasteiger partial charge in [0.15, 0.2) is 0 Å². The van der Waals surface area contributed by atoms with Gasteiger partial charge in [0.1, 0.15) is 5.75 Å². The van der Waals surface area contributed by atoms with E-state index in [0.29, 0.717) is 24.9 Å². The minimum absolute atomic E-state index is 0.129. The first kappa shape index (κ1) is 20.5. The van der Waals surface area contributed by atoms with Gasteiger partial charge < -0.3 is 14.2 Å². The summed E-state index contributed by atoms with van der Waals surface area (Å²) in [7, 11) is 0. The number of carbonyl (C=O) groups is 1. The molecular formula is C24H31N3O3. The largest absolute Gasteiger partial charge is 0.493 e. The van der Waals surface area contributed by atoms with Crippen LogP contribution in [0.15, 0.2) is 34.4 Å². The molecule has 2 aromatic rings. The summed E-state index contributed by atoms with van der Waals surface area (Å²) in [6.45, 7) is 5.98. The molecule has 0 atom stereocenters. The Morgan fingerprint density at radius 3 is 2.73 bits per heavy atom. The van der Waals surface area contributed by atoms with Gasteiger partial charge in [0.05, 0.1) is 12.3 Å². The van der Waals surface area contributed by atoms with E-state index in [0.717, 1.165) is 36.5 Å². The van der Waals surface area contributed by atoms with Crippen LogP contribution in [0.3, 0.4) is 0 Å². The molecule has 2 fully saturated rings. The smallest absolute Gasteiger partial charge is 0.324 e. The topological polar surface area (TPSA) is 67.6 Å². The van der Waals surface area contributed by atoms with E-state index >= 15 is 0 Å². The van der Waals surface area contributed by atoms with Gasteiger partial charge in [-0.15, -0.1) is 0 Å². The van der Waals surface area contributed by atoms with Gasteiger partial charge in [-0.05, 0) is 63.1 Å². The SMILES string of the molecule is Cc1noc(NC(=O)N2CCC(=Cc3cccc(OCC4CCCC4)c3)CC2)c1C. The van der Waals surface area contributed by atoms with Crippen LogP contribution < -0.4 is 10.1 Å². The molecule has 160 valence electrons. The lowest BCUT2D eigenvalue weighted by molar-refractivity contribution is 0.207. The number of piperidine rings is 1. The Balaban J connectivity index is 1.29. The van der Waals surface area contributed by atoms with E-state index in [9.17, 15) is 4.79 Å². The fraction of sp³-hybridized carbons (Fsp3) is 0.500. The van der Waals surface area contributed by atoms with Crippen LogP contribution in [0.25, 0.3) is 6.08 Å². The molecule has 0 unspecified atom stereocenters. The second-order valence-electron chi connectivity index (χ2n) is 8.48. The van der Waals surface area contributed by atoms with E-state index in [2.05, 4.69) is 34.7 Å². The Morgan fingerprint density at radius 1 is 1.27 bits per heavy atom. The van der Waals surface area contributed by atoms with Crippen LogP contribution >= 0.6 is 0 Å². The third-order valence-electron chi connectivity index (χ3n) is 6.26. The van der Waals surface area contributed by atoms with Crippen molar-refractivity contribution in [3.63, 3.8) is 0 Å². The predicted molar refractivity (Wildman–Crippen MR) is 118 cm³/mol. The summed E-state index contributed by atoms with van der Waals surface area (Å²) in [5, 5.41) is 6.72. The zero-order valence-corrected chi connectivity index (χ0v) is 17.9. The second-order valence-corrected chi connectivity index (χ2v) is 8.48. The quantitative estimate of drug-likeness (QED) is 0.701. The number of anilines is 1. The molecular weight excluding hydrogens is 378 g/mol. The summed E-state index contributed by atoms with van der Waals surface area (Å²) in [5.74, 6) is 2.10. The molecule has 1 aliphatic carbocycles. The minimum atomic E-state index is -0.129. The highest BCUT2D eigenvalue weighted by molar-refractivity contribution is 5.88. The Morgan fingerprint density at radius 2 is 2.03 bits per heavy atom. The number of hydrogen-bond donors (Lipinski definition) is 1. The van der Waals surface area contributed by atoms with Gasteiger partial charge in [0.25, 0.3) is 0 Å². The summed E-state index contributed by atoms with van der Waals surface area (Å²) in [6.07, 6.45) is 9.25. The number of hydrogen-bond acceptors (Lipinski definition) is 4. The highest BCUT2D eigenvalue weighted by Crippen LogP contribution is 2.27. The van der Waals surface area contributed by atoms with Crippen LogP contribution in [0.1, 0.15) is 55.3 Å². The third-order valence-corrected chi connectivity index (χ3v) is 6.26. The molecule has 0 bridgehead atoms. The summed E-state index contributed by atoms with van der Waals surface area (Å²) in [6, 6.07) is 8.20. The normalized spacial score (nSPS) is 17.3. The molecule has 6 heteroatoms. The van der Waals surface area contributed by atoms with Crippen molar-refractivity contribution in [2.24, 2.45) is 5.92 Å². The van der Waals surface area contributed by atoms with E-state index in [-0.39, 0.29) is 6.03 Å². The molecule has 2 aliphatic rings. The van der Waals surface area contributed by atoms with Gasteiger partial charge in [-0.3, -0.25) is 5.32 Å². The van der Waals surface area contributed by atoms with Gasteiger partial charge >= 0.3 is 6.03 Å². The van der Waals surface area contributed by atoms with Crippen molar-refractivity contribution in [1.29, 1.82) is 0 Å². The van der Waals surface area contributed by atoms with Crippen molar-refractivity contribution in [1.82, 2.24) is 10.1 Å². The van der Waals surface area contributed by atoms with Crippen molar-refractivity contribution in [2.75, 3.05) is 25.0 Å². The minimum Gasteiger partial charge on any atom is -0.493 e. The lowest BCUT2D eigenvalue weighted by Gasteiger charge is -2.28. The summed E-state index contributed by atoms with van der Waals surface area (Å²) in [5.41, 5.74) is 4.19. The van der Waals surface area contributed by atoms with Gasteiger partial charge in [-0.25, -0.2) is 4.79 Å². The summed E-state index contributed by atoms with van der Waals surface area (Å²) in [4.78, 5) is 14.3. The molecule has 2 heterocycles. The van der Waals surface area contributed by atoms with E-state index in [1.165, 1.54) is 36.8 Å². The molecule has 6 nitrogen and oxygen atoms in total. The van der Waals surface area contributed by atoms with E-state index in [4.69, 9.17) is 9.26 Å². The molecule has 1 N–H and O–H groups in total. The standard InChI is InChI=1S/C24H31N3O3/c1-17-18(2)26-30-23(17)25-24(28)27-12-10-19(11-13-27)14-21-8-5-9-22(15-21)29-16-20-6-3-4-7-20/h5,8-9,14-15,20H,3-4,6-7,10-13,16H2,1-2H3,(H,25,28). The fourth-order valence-corrected chi connectivity index (χ4v) is 4.17. The fourth-order valence-electron chi connectivity index (χ4n) is 4.17. The lowest BCUT2D eigenvalue weighted by Crippen LogP contribution is -2.39. The van der Waals surface area contributed by atoms with Crippen molar-refractivity contribution in [3.8, 4) is 5.75 Å².